The van der Waals surface area contributed by atoms with Gasteiger partial charge in [-0.25, -0.2) is 4.98 Å². The van der Waals surface area contributed by atoms with E-state index in [0.717, 1.165) is 60.8 Å². The Kier molecular flexibility index (Phi) is 8.52. The summed E-state index contributed by atoms with van der Waals surface area (Å²) in [4.78, 5) is 15.5. The molecule has 0 N–H and O–H groups in total. The van der Waals surface area contributed by atoms with Crippen LogP contribution in [0.4, 0.5) is 0 Å². The molecule has 0 amide bonds. The van der Waals surface area contributed by atoms with Gasteiger partial charge in [0, 0.05) is 38.2 Å². The Hall–Kier alpha value is -9.19. The van der Waals surface area contributed by atoms with Crippen LogP contribution < -0.4 is 0 Å². The maximum absolute atomic E-state index is 5.25. The maximum atomic E-state index is 5.25. The van der Waals surface area contributed by atoms with Gasteiger partial charge in [-0.15, -0.1) is 0 Å². The SMILES string of the molecule is c1ccc(-c2ccc3c4ccccc4c4ccc(-c5ccccc5-n5c6ccccc6c6cc7c8ccccc8n(-c8nc(-c9ccccc9)nc(-c9ccccc9)n8)c7cc65)cc4c3c2)cc1. The van der Waals surface area contributed by atoms with E-state index >= 15 is 0 Å². The predicted octanol–water partition coefficient (Wildman–Crippen LogP) is 16.2. The number of hydrogen-bond donors (Lipinski definition) is 0. The Bertz CT molecular complexity index is 4250. The van der Waals surface area contributed by atoms with Gasteiger partial charge in [0.2, 0.25) is 5.95 Å². The summed E-state index contributed by atoms with van der Waals surface area (Å²) in [6, 6.07) is 84.8. The van der Waals surface area contributed by atoms with Crippen LogP contribution in [0.15, 0.2) is 237 Å². The molecule has 0 atom stereocenters. The molecule has 3 aromatic heterocycles. The zero-order valence-electron chi connectivity index (χ0n) is 36.8. The number of nitrogens with zero attached hydrogens (tertiary/aromatic N) is 5. The molecule has 316 valence electrons. The summed E-state index contributed by atoms with van der Waals surface area (Å²) < 4.78 is 4.68. The quantitative estimate of drug-likeness (QED) is 0.156. The van der Waals surface area contributed by atoms with Gasteiger partial charge in [0.05, 0.1) is 27.8 Å². The first-order chi connectivity index (χ1) is 33.7. The highest BCUT2D eigenvalue weighted by Gasteiger charge is 2.22. The third kappa shape index (κ3) is 5.93. The van der Waals surface area contributed by atoms with Crippen LogP contribution in [0.5, 0.6) is 0 Å². The van der Waals surface area contributed by atoms with Gasteiger partial charge in [0.1, 0.15) is 0 Å². The lowest BCUT2D eigenvalue weighted by molar-refractivity contribution is 0.953. The van der Waals surface area contributed by atoms with E-state index in [1.54, 1.807) is 0 Å². The third-order valence-corrected chi connectivity index (χ3v) is 13.8. The van der Waals surface area contributed by atoms with Crippen molar-refractivity contribution in [2.45, 2.75) is 0 Å². The van der Waals surface area contributed by atoms with E-state index in [1.807, 2.05) is 36.4 Å². The lowest BCUT2D eigenvalue weighted by Crippen LogP contribution is -2.06. The highest BCUT2D eigenvalue weighted by molar-refractivity contribution is 6.26. The van der Waals surface area contributed by atoms with Gasteiger partial charge in [-0.1, -0.05) is 194 Å². The molecule has 0 bridgehead atoms. The van der Waals surface area contributed by atoms with Crippen LogP contribution in [-0.2, 0) is 0 Å². The van der Waals surface area contributed by atoms with Crippen molar-refractivity contribution in [2.75, 3.05) is 0 Å². The second kappa shape index (κ2) is 15.2. The smallest absolute Gasteiger partial charge is 0.238 e. The molecule has 5 nitrogen and oxygen atoms in total. The number of fused-ring (bicyclic) bond motifs is 12. The van der Waals surface area contributed by atoms with E-state index < -0.39 is 0 Å². The van der Waals surface area contributed by atoms with Crippen LogP contribution in [0.1, 0.15) is 0 Å². The molecular weight excluding hydrogens is 827 g/mol. The molecule has 14 rings (SSSR count). The van der Waals surface area contributed by atoms with Gasteiger partial charge in [0.15, 0.2) is 11.6 Å². The minimum absolute atomic E-state index is 0.567. The average molecular weight is 866 g/mol. The fraction of sp³-hybridized carbons (Fsp3) is 0. The fourth-order valence-corrected chi connectivity index (χ4v) is 10.7. The molecule has 0 aliphatic heterocycles. The second-order valence-corrected chi connectivity index (χ2v) is 17.6. The zero-order valence-corrected chi connectivity index (χ0v) is 36.8. The van der Waals surface area contributed by atoms with Crippen LogP contribution in [0.2, 0.25) is 0 Å². The summed E-state index contributed by atoms with van der Waals surface area (Å²) in [5, 5.41) is 12.2. The lowest BCUT2D eigenvalue weighted by atomic mass is 9.90. The highest BCUT2D eigenvalue weighted by Crippen LogP contribution is 2.43. The summed E-state index contributed by atoms with van der Waals surface area (Å²) in [5.41, 5.74) is 12.0. The van der Waals surface area contributed by atoms with Crippen LogP contribution >= 0.6 is 0 Å². The minimum atomic E-state index is 0.567. The molecule has 0 saturated heterocycles. The first-order valence-electron chi connectivity index (χ1n) is 23.1. The number of rotatable bonds is 6. The monoisotopic (exact) mass is 865 g/mol. The van der Waals surface area contributed by atoms with Gasteiger partial charge in [-0.2, -0.15) is 9.97 Å². The topological polar surface area (TPSA) is 48.5 Å². The largest absolute Gasteiger partial charge is 0.309 e. The van der Waals surface area contributed by atoms with Gasteiger partial charge in [-0.3, -0.25) is 4.57 Å². The molecule has 0 saturated carbocycles. The molecule has 3 heterocycles. The van der Waals surface area contributed by atoms with Crippen molar-refractivity contribution in [3.05, 3.63) is 237 Å². The Morgan fingerprint density at radius 2 is 0.676 bits per heavy atom. The van der Waals surface area contributed by atoms with E-state index in [2.05, 4.69) is 209 Å². The van der Waals surface area contributed by atoms with Crippen molar-refractivity contribution in [3.63, 3.8) is 0 Å². The van der Waals surface area contributed by atoms with Crippen molar-refractivity contribution < 1.29 is 0 Å². The van der Waals surface area contributed by atoms with Crippen molar-refractivity contribution in [2.24, 2.45) is 0 Å². The molecule has 0 aliphatic rings. The molecule has 14 aromatic rings. The Morgan fingerprint density at radius 3 is 1.28 bits per heavy atom. The van der Waals surface area contributed by atoms with Crippen LogP contribution in [0, 0.1) is 0 Å². The van der Waals surface area contributed by atoms with Gasteiger partial charge < -0.3 is 4.57 Å². The van der Waals surface area contributed by atoms with Gasteiger partial charge >= 0.3 is 0 Å². The number of benzene rings is 11. The van der Waals surface area contributed by atoms with Crippen molar-refractivity contribution >= 4 is 75.9 Å². The molecule has 0 aliphatic carbocycles. The fourth-order valence-electron chi connectivity index (χ4n) is 10.7. The minimum Gasteiger partial charge on any atom is -0.309 e. The summed E-state index contributed by atoms with van der Waals surface area (Å²) in [5.74, 6) is 1.81. The normalized spacial score (nSPS) is 11.8. The van der Waals surface area contributed by atoms with Crippen molar-refractivity contribution in [3.8, 4) is 56.7 Å². The van der Waals surface area contributed by atoms with Gasteiger partial charge in [-0.05, 0) is 91.5 Å². The van der Waals surface area contributed by atoms with Gasteiger partial charge in [0.25, 0.3) is 0 Å². The molecule has 0 unspecified atom stereocenters. The first-order valence-corrected chi connectivity index (χ1v) is 23.1. The summed E-state index contributed by atoms with van der Waals surface area (Å²) in [6.07, 6.45) is 0. The second-order valence-electron chi connectivity index (χ2n) is 17.6. The van der Waals surface area contributed by atoms with Crippen LogP contribution in [-0.4, -0.2) is 24.1 Å². The van der Waals surface area contributed by atoms with Crippen LogP contribution in [0.25, 0.3) is 133 Å². The Balaban J connectivity index is 1.03. The van der Waals surface area contributed by atoms with E-state index in [9.17, 15) is 0 Å². The Morgan fingerprint density at radius 1 is 0.235 bits per heavy atom. The zero-order chi connectivity index (χ0) is 44.7. The maximum Gasteiger partial charge on any atom is 0.238 e. The van der Waals surface area contributed by atoms with E-state index in [4.69, 9.17) is 15.0 Å². The first kappa shape index (κ1) is 38.1. The molecule has 68 heavy (non-hydrogen) atoms. The summed E-state index contributed by atoms with van der Waals surface area (Å²) in [6.45, 7) is 0. The van der Waals surface area contributed by atoms with E-state index in [-0.39, 0.29) is 0 Å². The summed E-state index contributed by atoms with van der Waals surface area (Å²) in [7, 11) is 0. The lowest BCUT2D eigenvalue weighted by Gasteiger charge is -2.16. The molecular formula is C63H39N5. The Labute approximate surface area is 391 Å². The highest BCUT2D eigenvalue weighted by atomic mass is 15.2. The molecule has 0 fully saturated rings. The van der Waals surface area contributed by atoms with E-state index in [1.165, 1.54) is 54.2 Å². The van der Waals surface area contributed by atoms with Crippen LogP contribution in [0.3, 0.4) is 0 Å². The predicted molar refractivity (Wildman–Crippen MR) is 283 cm³/mol. The standard InChI is InChI=1S/C63H39N5/c1-4-18-40(19-5-1)43-32-34-48-46-25-10-11-26-47(46)49-35-33-44(37-53(49)52(48)36-43)45-24-12-15-29-56(45)67-57-30-16-13-27-50(57)54-38-55-51-28-14-17-31-58(51)68(60(55)39-59(54)67)63-65-61(41-20-6-2-7-21-41)64-62(66-63)42-22-8-3-9-23-42/h1-39H. The molecule has 5 heteroatoms. The number of para-hydroxylation sites is 3. The van der Waals surface area contributed by atoms with Crippen molar-refractivity contribution in [1.29, 1.82) is 0 Å². The van der Waals surface area contributed by atoms with E-state index in [0.29, 0.717) is 17.6 Å². The number of aromatic nitrogens is 5. The molecule has 0 spiro atoms. The number of hydrogen-bond acceptors (Lipinski definition) is 3. The van der Waals surface area contributed by atoms with Crippen molar-refractivity contribution in [1.82, 2.24) is 24.1 Å². The average Bonchev–Trinajstić information content (AvgIpc) is 3.92. The molecule has 11 aromatic carbocycles. The third-order valence-electron chi connectivity index (χ3n) is 13.8. The summed E-state index contributed by atoms with van der Waals surface area (Å²) >= 11 is 0. The molecule has 0 radical (unpaired) electrons.